The van der Waals surface area contributed by atoms with E-state index in [1.165, 1.54) is 4.90 Å². The molecule has 0 saturated carbocycles. The molecule has 3 rings (SSSR count). The van der Waals surface area contributed by atoms with Crippen molar-refractivity contribution in [2.45, 2.75) is 45.4 Å². The Labute approximate surface area is 150 Å². The van der Waals surface area contributed by atoms with Crippen LogP contribution in [0.3, 0.4) is 0 Å². The smallest absolute Gasteiger partial charge is 0.412 e. The second kappa shape index (κ2) is 5.55. The lowest BCUT2D eigenvalue weighted by molar-refractivity contribution is -0.126. The Balaban J connectivity index is 1.91. The number of hydrogen-bond donors (Lipinski definition) is 2. The summed E-state index contributed by atoms with van der Waals surface area (Å²) in [5.74, 6) is 0. The van der Waals surface area contributed by atoms with Crippen LogP contribution in [0.4, 0.5) is 4.79 Å². The normalized spacial score (nSPS) is 23.1. The molecular formula is C17H20Cl2N2O3. The number of halogens is 2. The summed E-state index contributed by atoms with van der Waals surface area (Å²) in [6.45, 7) is 7.27. The number of amides is 1. The zero-order chi connectivity index (χ0) is 17.9. The van der Waals surface area contributed by atoms with Gasteiger partial charge in [-0.25, -0.2) is 4.79 Å². The van der Waals surface area contributed by atoms with E-state index in [-0.39, 0.29) is 0 Å². The molecule has 5 nitrogen and oxygen atoms in total. The maximum absolute atomic E-state index is 12.1. The van der Waals surface area contributed by atoms with E-state index < -0.39 is 17.4 Å². The van der Waals surface area contributed by atoms with Crippen molar-refractivity contribution >= 4 is 40.2 Å². The number of aryl methyl sites for hydroxylation is 1. The van der Waals surface area contributed by atoms with Crippen LogP contribution < -0.4 is 0 Å². The fourth-order valence-corrected chi connectivity index (χ4v) is 3.49. The van der Waals surface area contributed by atoms with Gasteiger partial charge in [0.2, 0.25) is 0 Å². The van der Waals surface area contributed by atoms with Gasteiger partial charge in [0.1, 0.15) is 0 Å². The number of carbonyl (C=O) groups excluding carboxylic acids is 1. The Kier molecular flexibility index (Phi) is 4.02. The van der Waals surface area contributed by atoms with Gasteiger partial charge < -0.3 is 14.8 Å². The van der Waals surface area contributed by atoms with Crippen LogP contribution in [0, 0.1) is 6.92 Å². The molecule has 1 aromatic heterocycles. The lowest BCUT2D eigenvalue weighted by Crippen LogP contribution is -2.54. The van der Waals surface area contributed by atoms with Crippen molar-refractivity contribution in [2.75, 3.05) is 6.54 Å². The lowest BCUT2D eigenvalue weighted by Gasteiger charge is -2.34. The van der Waals surface area contributed by atoms with Crippen molar-refractivity contribution in [3.05, 3.63) is 33.4 Å². The van der Waals surface area contributed by atoms with E-state index in [9.17, 15) is 9.90 Å². The second-order valence-corrected chi connectivity index (χ2v) is 7.60. The van der Waals surface area contributed by atoms with Gasteiger partial charge in [0.25, 0.3) is 0 Å². The third-order valence-corrected chi connectivity index (χ3v) is 5.80. The minimum absolute atomic E-state index is 0.337. The van der Waals surface area contributed by atoms with E-state index in [0.717, 1.165) is 22.2 Å². The summed E-state index contributed by atoms with van der Waals surface area (Å²) in [6.07, 6.45) is 0.0501. The predicted molar refractivity (Wildman–Crippen MR) is 94.6 cm³/mol. The molecule has 1 aliphatic rings. The topological polar surface area (TPSA) is 65.6 Å². The minimum Gasteiger partial charge on any atom is -0.438 e. The molecule has 7 heteroatoms. The van der Waals surface area contributed by atoms with Crippen LogP contribution >= 0.6 is 23.2 Å². The largest absolute Gasteiger partial charge is 0.438 e. The van der Waals surface area contributed by atoms with Gasteiger partial charge in [0.15, 0.2) is 11.3 Å². The number of aliphatic hydroxyl groups is 1. The highest BCUT2D eigenvalue weighted by molar-refractivity contribution is 6.45. The molecule has 0 aliphatic carbocycles. The van der Waals surface area contributed by atoms with Gasteiger partial charge in [-0.2, -0.15) is 0 Å². The van der Waals surface area contributed by atoms with Gasteiger partial charge in [0, 0.05) is 17.6 Å². The van der Waals surface area contributed by atoms with Crippen molar-refractivity contribution in [2.24, 2.45) is 0 Å². The number of ether oxygens (including phenoxy) is 1. The zero-order valence-electron chi connectivity index (χ0n) is 14.0. The Morgan fingerprint density at radius 2 is 1.96 bits per heavy atom. The minimum atomic E-state index is -1.37. The number of benzene rings is 1. The van der Waals surface area contributed by atoms with Crippen molar-refractivity contribution in [3.63, 3.8) is 0 Å². The van der Waals surface area contributed by atoms with Crippen LogP contribution in [0.2, 0.25) is 10.0 Å². The van der Waals surface area contributed by atoms with Crippen LogP contribution in [0.5, 0.6) is 0 Å². The van der Waals surface area contributed by atoms with Gasteiger partial charge in [-0.3, -0.25) is 4.90 Å². The van der Waals surface area contributed by atoms with Crippen LogP contribution in [0.25, 0.3) is 10.9 Å². The quantitative estimate of drug-likeness (QED) is 0.847. The number of fused-ring (bicyclic) bond motifs is 1. The average Bonchev–Trinajstić information content (AvgIpc) is 2.86. The maximum Gasteiger partial charge on any atom is 0.412 e. The molecular weight excluding hydrogens is 351 g/mol. The zero-order valence-corrected chi connectivity index (χ0v) is 15.5. The summed E-state index contributed by atoms with van der Waals surface area (Å²) in [6, 6.07) is 3.67. The molecule has 130 valence electrons. The molecule has 1 aliphatic heterocycles. The second-order valence-electron chi connectivity index (χ2n) is 6.81. The van der Waals surface area contributed by atoms with E-state index >= 15 is 0 Å². The van der Waals surface area contributed by atoms with Gasteiger partial charge in [-0.15, -0.1) is 0 Å². The molecule has 2 N–H and O–H groups in total. The molecule has 2 aromatic rings. The number of carbonyl (C=O) groups is 1. The molecule has 1 fully saturated rings. The number of H-pyrrole nitrogens is 1. The number of cyclic esters (lactones) is 1. The first-order valence-electron chi connectivity index (χ1n) is 7.74. The van der Waals surface area contributed by atoms with E-state index in [4.69, 9.17) is 27.9 Å². The third-order valence-electron chi connectivity index (χ3n) is 5.00. The summed E-state index contributed by atoms with van der Waals surface area (Å²) in [5, 5.41) is 12.6. The predicted octanol–water partition coefficient (Wildman–Crippen LogP) is 4.26. The average molecular weight is 371 g/mol. The monoisotopic (exact) mass is 370 g/mol. The first kappa shape index (κ1) is 17.4. The first-order chi connectivity index (χ1) is 11.1. The van der Waals surface area contributed by atoms with Crippen LogP contribution in [-0.2, 0) is 11.2 Å². The van der Waals surface area contributed by atoms with Gasteiger partial charge in [0.05, 0.1) is 15.6 Å². The molecule has 2 heterocycles. The van der Waals surface area contributed by atoms with Gasteiger partial charge in [-0.1, -0.05) is 29.3 Å². The summed E-state index contributed by atoms with van der Waals surface area (Å²) < 4.78 is 5.29. The molecule has 1 atom stereocenters. The number of nitrogens with zero attached hydrogens (tertiary/aromatic N) is 1. The fourth-order valence-electron chi connectivity index (χ4n) is 3.12. The molecule has 1 aromatic carbocycles. The molecule has 0 radical (unpaired) electrons. The molecule has 0 bridgehead atoms. The first-order valence-corrected chi connectivity index (χ1v) is 8.50. The van der Waals surface area contributed by atoms with Crippen molar-refractivity contribution in [1.82, 2.24) is 9.88 Å². The Morgan fingerprint density at radius 3 is 2.54 bits per heavy atom. The Morgan fingerprint density at radius 1 is 1.29 bits per heavy atom. The lowest BCUT2D eigenvalue weighted by atomic mass is 9.95. The number of hydrogen-bond acceptors (Lipinski definition) is 3. The van der Waals surface area contributed by atoms with E-state index in [0.29, 0.717) is 23.0 Å². The van der Waals surface area contributed by atoms with E-state index in [2.05, 4.69) is 4.98 Å². The Bertz CT molecular complexity index is 827. The van der Waals surface area contributed by atoms with Crippen molar-refractivity contribution < 1.29 is 14.6 Å². The van der Waals surface area contributed by atoms with Crippen LogP contribution in [-0.4, -0.2) is 39.0 Å². The van der Waals surface area contributed by atoms with Gasteiger partial charge in [-0.05, 0) is 45.7 Å². The molecule has 0 spiro atoms. The molecule has 1 saturated heterocycles. The van der Waals surface area contributed by atoms with Crippen LogP contribution in [0.15, 0.2) is 12.1 Å². The molecule has 1 amide bonds. The molecule has 24 heavy (non-hydrogen) atoms. The number of aromatic nitrogens is 1. The number of nitrogens with one attached hydrogen (secondary N) is 1. The summed E-state index contributed by atoms with van der Waals surface area (Å²) >= 11 is 12.3. The van der Waals surface area contributed by atoms with E-state index in [1.807, 2.05) is 13.0 Å². The fraction of sp³-hybridized carbons (Fsp3) is 0.471. The summed E-state index contributed by atoms with van der Waals surface area (Å²) in [4.78, 5) is 16.7. The SMILES string of the molecule is Cc1[nH]c2c(Cl)c(Cl)ccc2c1CCN1C(=O)OC(C)(C)[C@]1(C)O. The van der Waals surface area contributed by atoms with E-state index in [1.54, 1.807) is 26.8 Å². The van der Waals surface area contributed by atoms with Crippen molar-refractivity contribution in [1.29, 1.82) is 0 Å². The van der Waals surface area contributed by atoms with Gasteiger partial charge >= 0.3 is 6.09 Å². The highest BCUT2D eigenvalue weighted by atomic mass is 35.5. The maximum atomic E-state index is 12.1. The standard InChI is InChI=1S/C17H20Cl2N2O3/c1-9-10(11-5-6-12(18)13(19)14(11)20-9)7-8-21-15(22)24-16(2,3)17(21,4)23/h5-6,20,23H,7-8H2,1-4H3/t17-/m0/s1. The molecule has 0 unspecified atom stereocenters. The summed E-state index contributed by atoms with van der Waals surface area (Å²) in [7, 11) is 0. The highest BCUT2D eigenvalue weighted by Crippen LogP contribution is 2.38. The number of rotatable bonds is 3. The Hall–Kier alpha value is -1.43. The van der Waals surface area contributed by atoms with Crippen LogP contribution in [0.1, 0.15) is 32.0 Å². The third kappa shape index (κ3) is 2.46. The summed E-state index contributed by atoms with van der Waals surface area (Å²) in [5.41, 5.74) is 0.451. The highest BCUT2D eigenvalue weighted by Gasteiger charge is 2.56. The number of aromatic amines is 1. The van der Waals surface area contributed by atoms with Crippen molar-refractivity contribution in [3.8, 4) is 0 Å².